The van der Waals surface area contributed by atoms with Gasteiger partial charge in [-0.1, -0.05) is 47.5 Å². The molecule has 0 bridgehead atoms. The molecule has 0 unspecified atom stereocenters. The highest BCUT2D eigenvalue weighted by Gasteiger charge is 2.18. The predicted molar refractivity (Wildman–Crippen MR) is 242 cm³/mol. The molecule has 1 fully saturated rings. The number of nitrogens with one attached hydrogen (secondary N) is 2. The van der Waals surface area contributed by atoms with Crippen LogP contribution in [0.5, 0.6) is 5.75 Å². The lowest BCUT2D eigenvalue weighted by molar-refractivity contribution is 0.475. The Bertz CT molecular complexity index is 2920. The van der Waals surface area contributed by atoms with Gasteiger partial charge in [0, 0.05) is 79.0 Å². The SMILES string of the molecule is CN(C)c1ccc(-c2cc3c(O)c(-n4cc(Br)cn4)c(=O)[nH]c3cc2Cl)cc1.O=c1c(-n2cc(Br)cn2)c[nH]c2cc(Cl)c(-c3ccc(N4CCCCC4)cc3)cc12. The average molecular weight is 944 g/mol. The number of aromatic amines is 2. The van der Waals surface area contributed by atoms with E-state index < -0.39 is 5.56 Å². The summed E-state index contributed by atoms with van der Waals surface area (Å²) in [5, 5.41) is 21.3. The fourth-order valence-corrected chi connectivity index (χ4v) is 8.26. The first-order valence-corrected chi connectivity index (χ1v) is 20.8. The van der Waals surface area contributed by atoms with Crippen LogP contribution in [0, 0.1) is 0 Å². The smallest absolute Gasteiger partial charge is 0.278 e. The Morgan fingerprint density at radius 1 is 0.741 bits per heavy atom. The van der Waals surface area contributed by atoms with Crippen LogP contribution in [-0.4, -0.2) is 61.8 Å². The molecule has 0 spiro atoms. The molecule has 0 atom stereocenters. The Labute approximate surface area is 359 Å². The number of hydrogen-bond acceptors (Lipinski definition) is 7. The van der Waals surface area contributed by atoms with Crippen LogP contribution in [0.15, 0.2) is 122 Å². The minimum Gasteiger partial charge on any atom is -0.505 e. The van der Waals surface area contributed by atoms with E-state index in [4.69, 9.17) is 23.2 Å². The highest BCUT2D eigenvalue weighted by molar-refractivity contribution is 9.10. The number of aromatic nitrogens is 6. The maximum atomic E-state index is 13.1. The van der Waals surface area contributed by atoms with Crippen LogP contribution in [0.3, 0.4) is 0 Å². The second kappa shape index (κ2) is 16.5. The van der Waals surface area contributed by atoms with Crippen molar-refractivity contribution in [2.75, 3.05) is 37.0 Å². The molecule has 8 aromatic rings. The molecule has 294 valence electrons. The number of halogens is 4. The Kier molecular flexibility index (Phi) is 11.2. The Balaban J connectivity index is 0.000000162. The summed E-state index contributed by atoms with van der Waals surface area (Å²) in [6, 6.07) is 23.5. The first kappa shape index (κ1) is 39.5. The lowest BCUT2D eigenvalue weighted by Gasteiger charge is -2.28. The molecule has 11 nitrogen and oxygen atoms in total. The van der Waals surface area contributed by atoms with Gasteiger partial charge in [0.05, 0.1) is 42.4 Å². The summed E-state index contributed by atoms with van der Waals surface area (Å²) >= 11 is 19.7. The Hall–Kier alpha value is -5.34. The monoisotopic (exact) mass is 940 g/mol. The molecular formula is C43H36Br2Cl2N8O3. The van der Waals surface area contributed by atoms with Gasteiger partial charge in [0.25, 0.3) is 5.56 Å². The number of piperidine rings is 1. The van der Waals surface area contributed by atoms with E-state index in [2.05, 4.69) is 81.2 Å². The van der Waals surface area contributed by atoms with Gasteiger partial charge in [-0.3, -0.25) is 9.59 Å². The number of anilines is 2. The predicted octanol–water partition coefficient (Wildman–Crippen LogP) is 10.4. The molecule has 0 amide bonds. The topological polar surface area (TPSA) is 128 Å². The number of H-pyrrole nitrogens is 2. The van der Waals surface area contributed by atoms with Crippen molar-refractivity contribution < 1.29 is 5.11 Å². The van der Waals surface area contributed by atoms with Crippen LogP contribution in [-0.2, 0) is 0 Å². The molecule has 15 heteroatoms. The largest absolute Gasteiger partial charge is 0.505 e. The fourth-order valence-electron chi connectivity index (χ4n) is 7.14. The third-order valence-corrected chi connectivity index (χ3v) is 11.6. The molecule has 0 radical (unpaired) electrons. The molecule has 3 N–H and O–H groups in total. The molecule has 4 aromatic heterocycles. The van der Waals surface area contributed by atoms with E-state index in [0.717, 1.165) is 45.5 Å². The van der Waals surface area contributed by atoms with Crippen LogP contribution in [0.2, 0.25) is 10.0 Å². The van der Waals surface area contributed by atoms with E-state index in [1.807, 2.05) is 55.4 Å². The molecule has 4 aromatic carbocycles. The number of nitrogens with zero attached hydrogens (tertiary/aromatic N) is 6. The van der Waals surface area contributed by atoms with Crippen molar-refractivity contribution in [3.63, 3.8) is 0 Å². The summed E-state index contributed by atoms with van der Waals surface area (Å²) in [6.07, 6.45) is 12.0. The van der Waals surface area contributed by atoms with E-state index in [-0.39, 0.29) is 16.9 Å². The van der Waals surface area contributed by atoms with Crippen molar-refractivity contribution in [1.29, 1.82) is 0 Å². The van der Waals surface area contributed by atoms with E-state index >= 15 is 0 Å². The van der Waals surface area contributed by atoms with Gasteiger partial charge in [0.15, 0.2) is 11.4 Å². The van der Waals surface area contributed by atoms with E-state index in [0.29, 0.717) is 42.0 Å². The lowest BCUT2D eigenvalue weighted by Crippen LogP contribution is -2.29. The van der Waals surface area contributed by atoms with Crippen LogP contribution in [0.1, 0.15) is 19.3 Å². The number of benzene rings is 4. The van der Waals surface area contributed by atoms with Crippen molar-refractivity contribution in [1.82, 2.24) is 29.5 Å². The summed E-state index contributed by atoms with van der Waals surface area (Å²) in [4.78, 5) is 36.0. The summed E-state index contributed by atoms with van der Waals surface area (Å²) in [7, 11) is 3.95. The minimum atomic E-state index is -0.459. The van der Waals surface area contributed by atoms with Crippen LogP contribution >= 0.6 is 55.1 Å². The molecule has 0 aliphatic carbocycles. The maximum Gasteiger partial charge on any atom is 0.278 e. The summed E-state index contributed by atoms with van der Waals surface area (Å²) in [6.45, 7) is 2.22. The average Bonchev–Trinajstić information content (AvgIpc) is 3.85. The highest BCUT2D eigenvalue weighted by atomic mass is 79.9. The number of pyridine rings is 2. The van der Waals surface area contributed by atoms with Crippen molar-refractivity contribution in [3.05, 3.63) is 143 Å². The van der Waals surface area contributed by atoms with Crippen LogP contribution < -0.4 is 20.8 Å². The Morgan fingerprint density at radius 3 is 1.90 bits per heavy atom. The van der Waals surface area contributed by atoms with E-state index in [1.54, 1.807) is 47.8 Å². The first-order valence-electron chi connectivity index (χ1n) is 18.4. The zero-order valence-electron chi connectivity index (χ0n) is 31.3. The van der Waals surface area contributed by atoms with E-state index in [9.17, 15) is 14.7 Å². The standard InChI is InChI=1S/C23H20BrClN4O.C20H16BrClN4O2/c24-16-12-27-29(14-16)22-13-26-21-11-20(25)18(10-19(21)23(22)30)15-4-6-17(7-5-15)28-8-2-1-3-9-28;1-25(2)13-5-3-11(4-6-13)14-7-15-17(8-16(14)22)24-20(28)18(19(15)27)26-10-12(21)9-23-26/h4-7,10-14H,1-3,8-9H2,(H,26,30);3-10H,1-2H3,(H2,24,27,28). The van der Waals surface area contributed by atoms with E-state index in [1.165, 1.54) is 29.6 Å². The van der Waals surface area contributed by atoms with Crippen molar-refractivity contribution in [2.24, 2.45) is 0 Å². The molecule has 9 rings (SSSR count). The second-order valence-electron chi connectivity index (χ2n) is 14.2. The zero-order chi connectivity index (χ0) is 40.7. The zero-order valence-corrected chi connectivity index (χ0v) is 36.0. The van der Waals surface area contributed by atoms with Crippen molar-refractivity contribution in [3.8, 4) is 39.4 Å². The number of fused-ring (bicyclic) bond motifs is 2. The maximum absolute atomic E-state index is 13.1. The third-order valence-electron chi connectivity index (χ3n) is 10.2. The van der Waals surface area contributed by atoms with Gasteiger partial charge in [-0.2, -0.15) is 10.2 Å². The first-order chi connectivity index (χ1) is 27.9. The van der Waals surface area contributed by atoms with Gasteiger partial charge >= 0.3 is 0 Å². The molecule has 1 aliphatic heterocycles. The Morgan fingerprint density at radius 2 is 1.31 bits per heavy atom. The molecule has 5 heterocycles. The summed E-state index contributed by atoms with van der Waals surface area (Å²) in [5.41, 5.74) is 6.93. The fraction of sp³-hybridized carbons (Fsp3) is 0.163. The van der Waals surface area contributed by atoms with Gasteiger partial charge in [0.1, 0.15) is 5.69 Å². The van der Waals surface area contributed by atoms with Gasteiger partial charge in [-0.05, 0) is 111 Å². The minimum absolute atomic E-state index is 0.0504. The van der Waals surface area contributed by atoms with Crippen LogP contribution in [0.25, 0.3) is 55.4 Å². The number of aromatic hydroxyl groups is 1. The van der Waals surface area contributed by atoms with Crippen molar-refractivity contribution >= 4 is 88.2 Å². The quantitative estimate of drug-likeness (QED) is 0.151. The van der Waals surface area contributed by atoms with Gasteiger partial charge in [0.2, 0.25) is 5.43 Å². The summed E-state index contributed by atoms with van der Waals surface area (Å²) in [5.74, 6) is -0.155. The van der Waals surface area contributed by atoms with Gasteiger partial charge < -0.3 is 24.9 Å². The molecule has 0 saturated carbocycles. The van der Waals surface area contributed by atoms with Gasteiger partial charge in [-0.25, -0.2) is 9.36 Å². The highest BCUT2D eigenvalue weighted by Crippen LogP contribution is 2.37. The van der Waals surface area contributed by atoms with Crippen LogP contribution in [0.4, 0.5) is 11.4 Å². The molecule has 1 saturated heterocycles. The molecular weight excluding hydrogens is 907 g/mol. The number of rotatable bonds is 6. The molecule has 1 aliphatic rings. The summed E-state index contributed by atoms with van der Waals surface area (Å²) < 4.78 is 4.40. The normalized spacial score (nSPS) is 12.8. The lowest BCUT2D eigenvalue weighted by atomic mass is 10.0. The second-order valence-corrected chi connectivity index (χ2v) is 16.8. The molecule has 58 heavy (non-hydrogen) atoms. The van der Waals surface area contributed by atoms with Crippen molar-refractivity contribution in [2.45, 2.75) is 19.3 Å². The third kappa shape index (κ3) is 7.91. The number of hydrogen-bond donors (Lipinski definition) is 3. The van der Waals surface area contributed by atoms with Gasteiger partial charge in [-0.15, -0.1) is 0 Å².